The lowest BCUT2D eigenvalue weighted by Crippen LogP contribution is -2.37. The van der Waals surface area contributed by atoms with E-state index >= 15 is 0 Å². The van der Waals surface area contributed by atoms with Gasteiger partial charge in [0.05, 0.1) is 11.3 Å². The summed E-state index contributed by atoms with van der Waals surface area (Å²) in [7, 11) is 0. The van der Waals surface area contributed by atoms with E-state index < -0.39 is 11.7 Å². The van der Waals surface area contributed by atoms with Crippen molar-refractivity contribution in [2.75, 3.05) is 24.7 Å². The normalized spacial score (nSPS) is 13.9. The predicted molar refractivity (Wildman–Crippen MR) is 124 cm³/mol. The molecule has 7 heteroatoms. The van der Waals surface area contributed by atoms with Gasteiger partial charge in [-0.2, -0.15) is 0 Å². The lowest BCUT2D eigenvalue weighted by Gasteiger charge is -2.27. The van der Waals surface area contributed by atoms with Crippen molar-refractivity contribution in [2.45, 2.75) is 30.7 Å². The summed E-state index contributed by atoms with van der Waals surface area (Å²) in [5.41, 5.74) is 1.69. The number of benzene rings is 2. The fraction of sp³-hybridized carbons (Fsp3) is 0.292. The van der Waals surface area contributed by atoms with E-state index in [4.69, 9.17) is 0 Å². The molecule has 2 amide bonds. The van der Waals surface area contributed by atoms with Crippen molar-refractivity contribution in [2.24, 2.45) is 0 Å². The highest BCUT2D eigenvalue weighted by Gasteiger charge is 2.24. The zero-order chi connectivity index (χ0) is 21.8. The number of ketones is 1. The molecule has 0 atom stereocenters. The van der Waals surface area contributed by atoms with Crippen LogP contribution in [0.15, 0.2) is 59.6 Å². The molecule has 31 heavy (non-hydrogen) atoms. The van der Waals surface area contributed by atoms with E-state index in [9.17, 15) is 14.4 Å². The number of carbonyl (C=O) groups excluding carboxylic acids is 3. The maximum atomic E-state index is 13.0. The van der Waals surface area contributed by atoms with Crippen molar-refractivity contribution >= 4 is 45.9 Å². The van der Waals surface area contributed by atoms with E-state index in [1.165, 1.54) is 11.8 Å². The molecule has 1 N–H and O–H groups in total. The summed E-state index contributed by atoms with van der Waals surface area (Å²) in [6.45, 7) is 1.72. The first-order valence-corrected chi connectivity index (χ1v) is 11.7. The van der Waals surface area contributed by atoms with Gasteiger partial charge in [-0.3, -0.25) is 14.4 Å². The highest BCUT2D eigenvalue weighted by Crippen LogP contribution is 2.26. The third kappa shape index (κ3) is 4.51. The summed E-state index contributed by atoms with van der Waals surface area (Å²) in [6, 6.07) is 14.8. The average Bonchev–Trinajstić information content (AvgIpc) is 3.17. The van der Waals surface area contributed by atoms with Gasteiger partial charge in [0, 0.05) is 35.1 Å². The van der Waals surface area contributed by atoms with Crippen molar-refractivity contribution in [3.05, 3.63) is 60.3 Å². The molecule has 1 fully saturated rings. The van der Waals surface area contributed by atoms with Gasteiger partial charge in [0.25, 0.3) is 11.7 Å². The number of anilines is 1. The Morgan fingerprint density at radius 3 is 2.45 bits per heavy atom. The van der Waals surface area contributed by atoms with E-state index in [1.807, 2.05) is 53.6 Å². The number of carbonyl (C=O) groups is 3. The molecule has 0 radical (unpaired) electrons. The number of aromatic nitrogens is 1. The lowest BCUT2D eigenvalue weighted by molar-refractivity contribution is -0.132. The molecule has 1 saturated heterocycles. The first-order valence-electron chi connectivity index (χ1n) is 10.4. The molecule has 3 aromatic rings. The zero-order valence-electron chi connectivity index (χ0n) is 17.5. The number of likely N-dealkylation sites (tertiary alicyclic amines) is 1. The second kappa shape index (κ2) is 9.39. The van der Waals surface area contributed by atoms with E-state index in [1.54, 1.807) is 16.8 Å². The quantitative estimate of drug-likeness (QED) is 0.358. The maximum absolute atomic E-state index is 13.0. The van der Waals surface area contributed by atoms with Gasteiger partial charge < -0.3 is 14.8 Å². The van der Waals surface area contributed by atoms with E-state index in [0.29, 0.717) is 16.6 Å². The number of piperidine rings is 1. The number of rotatable bonds is 6. The number of hydrogen-bond acceptors (Lipinski definition) is 4. The van der Waals surface area contributed by atoms with Gasteiger partial charge in [-0.25, -0.2) is 0 Å². The number of Topliss-reactive ketones (excluding diaryl/α,β-unsaturated/α-hetero) is 1. The van der Waals surface area contributed by atoms with Gasteiger partial charge in [-0.15, -0.1) is 11.8 Å². The SMILES string of the molecule is CSc1ccccc1NC(=O)C(=O)c1cn(CC(=O)N2CCCCC2)c2ccccc12. The molecule has 0 aliphatic carbocycles. The van der Waals surface area contributed by atoms with Crippen LogP contribution in [-0.2, 0) is 16.1 Å². The van der Waals surface area contributed by atoms with Crippen molar-refractivity contribution in [3.63, 3.8) is 0 Å². The molecule has 1 aliphatic heterocycles. The zero-order valence-corrected chi connectivity index (χ0v) is 18.3. The Morgan fingerprint density at radius 2 is 1.68 bits per heavy atom. The summed E-state index contributed by atoms with van der Waals surface area (Å²) in [6.07, 6.45) is 6.76. The molecule has 0 bridgehead atoms. The van der Waals surface area contributed by atoms with Crippen molar-refractivity contribution in [1.82, 2.24) is 9.47 Å². The minimum absolute atomic E-state index is 0.0396. The molecule has 160 valence electrons. The number of amides is 2. The Morgan fingerprint density at radius 1 is 0.968 bits per heavy atom. The predicted octanol–water partition coefficient (Wildman–Crippen LogP) is 4.20. The van der Waals surface area contributed by atoms with Crippen LogP contribution in [0.5, 0.6) is 0 Å². The smallest absolute Gasteiger partial charge is 0.296 e. The Balaban J connectivity index is 1.59. The number of nitrogens with one attached hydrogen (secondary N) is 1. The van der Waals surface area contributed by atoms with Crippen LogP contribution in [-0.4, -0.2) is 46.4 Å². The second-order valence-corrected chi connectivity index (χ2v) is 8.46. The largest absolute Gasteiger partial charge is 0.341 e. The standard InChI is InChI=1S/C24H25N3O3S/c1-31-21-12-6-4-10-19(21)25-24(30)23(29)18-15-27(20-11-5-3-9-17(18)20)16-22(28)26-13-7-2-8-14-26/h3-6,9-12,15H,2,7-8,13-14,16H2,1H3,(H,25,30). The van der Waals surface area contributed by atoms with Crippen molar-refractivity contribution in [3.8, 4) is 0 Å². The van der Waals surface area contributed by atoms with Crippen LogP contribution < -0.4 is 5.32 Å². The third-order valence-corrected chi connectivity index (χ3v) is 6.40. The Hall–Kier alpha value is -3.06. The topological polar surface area (TPSA) is 71.4 Å². The Labute approximate surface area is 185 Å². The molecule has 0 unspecified atom stereocenters. The average molecular weight is 436 g/mol. The maximum Gasteiger partial charge on any atom is 0.296 e. The third-order valence-electron chi connectivity index (χ3n) is 5.61. The highest BCUT2D eigenvalue weighted by atomic mass is 32.2. The van der Waals surface area contributed by atoms with Crippen LogP contribution in [0, 0.1) is 0 Å². The van der Waals surface area contributed by atoms with Gasteiger partial charge in [0.15, 0.2) is 0 Å². The number of hydrogen-bond donors (Lipinski definition) is 1. The van der Waals surface area contributed by atoms with Gasteiger partial charge in [0.1, 0.15) is 6.54 Å². The van der Waals surface area contributed by atoms with Crippen LogP contribution >= 0.6 is 11.8 Å². The summed E-state index contributed by atoms with van der Waals surface area (Å²) < 4.78 is 1.78. The molecule has 2 aromatic carbocycles. The van der Waals surface area contributed by atoms with Crippen molar-refractivity contribution in [1.29, 1.82) is 0 Å². The molecule has 1 aliphatic rings. The summed E-state index contributed by atoms with van der Waals surface area (Å²) in [4.78, 5) is 41.3. The number of thioether (sulfide) groups is 1. The molecule has 6 nitrogen and oxygen atoms in total. The van der Waals surface area contributed by atoms with E-state index in [2.05, 4.69) is 5.32 Å². The number of nitrogens with zero attached hydrogens (tertiary/aromatic N) is 2. The van der Waals surface area contributed by atoms with Crippen LogP contribution in [0.25, 0.3) is 10.9 Å². The minimum atomic E-state index is -0.688. The second-order valence-electron chi connectivity index (χ2n) is 7.61. The summed E-state index contributed by atoms with van der Waals surface area (Å²) >= 11 is 1.50. The molecular formula is C24H25N3O3S. The van der Waals surface area contributed by atoms with Crippen LogP contribution in [0.1, 0.15) is 29.6 Å². The number of para-hydroxylation sites is 2. The number of fused-ring (bicyclic) bond motifs is 1. The molecule has 0 spiro atoms. The Bertz CT molecular complexity index is 1130. The van der Waals surface area contributed by atoms with E-state index in [-0.39, 0.29) is 12.5 Å². The summed E-state index contributed by atoms with van der Waals surface area (Å²) in [5, 5.41) is 3.41. The molecule has 0 saturated carbocycles. The molecular weight excluding hydrogens is 410 g/mol. The fourth-order valence-corrected chi connectivity index (χ4v) is 4.55. The molecule has 1 aromatic heterocycles. The van der Waals surface area contributed by atoms with Gasteiger partial charge in [-0.05, 0) is 43.7 Å². The molecule has 2 heterocycles. The van der Waals surface area contributed by atoms with Gasteiger partial charge >= 0.3 is 0 Å². The Kier molecular flexibility index (Phi) is 6.42. The van der Waals surface area contributed by atoms with Crippen LogP contribution in [0.3, 0.4) is 0 Å². The minimum Gasteiger partial charge on any atom is -0.341 e. The fourth-order valence-electron chi connectivity index (χ4n) is 4.00. The lowest BCUT2D eigenvalue weighted by atomic mass is 10.1. The van der Waals surface area contributed by atoms with Gasteiger partial charge in [-0.1, -0.05) is 30.3 Å². The van der Waals surface area contributed by atoms with E-state index in [0.717, 1.165) is 42.8 Å². The van der Waals surface area contributed by atoms with Crippen molar-refractivity contribution < 1.29 is 14.4 Å². The first kappa shape index (κ1) is 21.2. The van der Waals surface area contributed by atoms with Crippen LogP contribution in [0.4, 0.5) is 5.69 Å². The first-order chi connectivity index (χ1) is 15.1. The highest BCUT2D eigenvalue weighted by molar-refractivity contribution is 7.98. The molecule has 4 rings (SSSR count). The summed E-state index contributed by atoms with van der Waals surface area (Å²) in [5.74, 6) is -1.26. The monoisotopic (exact) mass is 435 g/mol. The van der Waals surface area contributed by atoms with Gasteiger partial charge in [0.2, 0.25) is 5.91 Å². The van der Waals surface area contributed by atoms with Crippen LogP contribution in [0.2, 0.25) is 0 Å².